The Kier molecular flexibility index (Phi) is 6.16. The number of carbonyl (C=O) groups is 2. The summed E-state index contributed by atoms with van der Waals surface area (Å²) in [5.74, 6) is -1.42. The maximum Gasteiger partial charge on any atom is 0.341 e. The van der Waals surface area contributed by atoms with Gasteiger partial charge in [-0.05, 0) is 11.6 Å². The molecule has 28 heavy (non-hydrogen) atoms. The summed E-state index contributed by atoms with van der Waals surface area (Å²) in [6.45, 7) is 5.05. The van der Waals surface area contributed by atoms with Crippen LogP contribution in [0, 0.1) is 5.92 Å². The molecule has 0 saturated carbocycles. The van der Waals surface area contributed by atoms with E-state index in [4.69, 9.17) is 18.9 Å². The number of carbonyl (C=O) groups excluding carboxylic acids is 2. The van der Waals surface area contributed by atoms with E-state index in [-0.39, 0.29) is 24.6 Å². The van der Waals surface area contributed by atoms with Gasteiger partial charge < -0.3 is 39.6 Å². The number of hydrogen-bond acceptors (Lipinski definition) is 9. The van der Waals surface area contributed by atoms with Gasteiger partial charge in [-0.3, -0.25) is 4.79 Å². The molecule has 0 radical (unpaired) electrons. The predicted octanol–water partition coefficient (Wildman–Crippen LogP) is -1.53. The molecule has 0 bridgehead atoms. The van der Waals surface area contributed by atoms with Crippen LogP contribution in [-0.2, 0) is 28.5 Å². The monoisotopic (exact) mass is 397 g/mol. The van der Waals surface area contributed by atoms with Gasteiger partial charge in [0.1, 0.15) is 37.3 Å². The molecule has 0 spiro atoms. The molecule has 0 aliphatic carbocycles. The third kappa shape index (κ3) is 3.96. The lowest BCUT2D eigenvalue weighted by Crippen LogP contribution is -2.61. The van der Waals surface area contributed by atoms with Crippen molar-refractivity contribution in [3.63, 3.8) is 0 Å². The number of hydrogen-bond donors (Lipinski definition) is 4. The van der Waals surface area contributed by atoms with E-state index in [1.54, 1.807) is 6.08 Å². The molecule has 4 N–H and O–H groups in total. The summed E-state index contributed by atoms with van der Waals surface area (Å²) in [6, 6.07) is 0. The molecule has 154 valence electrons. The number of rotatable bonds is 5. The molecule has 10 nitrogen and oxygen atoms in total. The van der Waals surface area contributed by atoms with Crippen molar-refractivity contribution in [3.05, 3.63) is 36.1 Å². The molecule has 0 unspecified atom stereocenters. The molecule has 0 aromatic heterocycles. The Bertz CT molecular complexity index is 703. The van der Waals surface area contributed by atoms with Gasteiger partial charge in [-0.15, -0.1) is 6.58 Å². The van der Waals surface area contributed by atoms with Crippen LogP contribution >= 0.6 is 0 Å². The van der Waals surface area contributed by atoms with E-state index in [0.717, 1.165) is 0 Å². The van der Waals surface area contributed by atoms with Gasteiger partial charge >= 0.3 is 5.97 Å². The van der Waals surface area contributed by atoms with E-state index in [1.165, 1.54) is 19.3 Å². The van der Waals surface area contributed by atoms with E-state index < -0.39 is 48.9 Å². The SMILES string of the molecule is C=C[C@@H]1C2=CCOC(=O)C2=CO[C@H]1O[C@@H]1O[C@H](CNC(C)=O)[C@@H](O)[C@H](O)[C@H]1O. The number of aliphatic hydroxyl groups is 3. The first kappa shape index (κ1) is 20.5. The van der Waals surface area contributed by atoms with Gasteiger partial charge in [-0.25, -0.2) is 4.79 Å². The van der Waals surface area contributed by atoms with Crippen LogP contribution in [-0.4, -0.2) is 77.3 Å². The van der Waals surface area contributed by atoms with E-state index in [9.17, 15) is 24.9 Å². The average Bonchev–Trinajstić information content (AvgIpc) is 2.67. The topological polar surface area (TPSA) is 144 Å². The number of cyclic esters (lactones) is 1. The van der Waals surface area contributed by atoms with Crippen molar-refractivity contribution in [2.45, 2.75) is 43.9 Å². The lowest BCUT2D eigenvalue weighted by Gasteiger charge is -2.42. The number of amides is 1. The highest BCUT2D eigenvalue weighted by atomic mass is 16.8. The maximum atomic E-state index is 11.8. The first-order chi connectivity index (χ1) is 13.3. The number of esters is 1. The number of aliphatic hydroxyl groups excluding tert-OH is 3. The predicted molar refractivity (Wildman–Crippen MR) is 92.1 cm³/mol. The van der Waals surface area contributed by atoms with Crippen LogP contribution in [0.5, 0.6) is 0 Å². The van der Waals surface area contributed by atoms with Gasteiger partial charge in [0, 0.05) is 13.5 Å². The molecule has 0 aromatic carbocycles. The second-order valence-electron chi connectivity index (χ2n) is 6.64. The van der Waals surface area contributed by atoms with Gasteiger partial charge in [0.2, 0.25) is 12.2 Å². The normalized spacial score (nSPS) is 37.6. The fourth-order valence-corrected chi connectivity index (χ4v) is 3.24. The van der Waals surface area contributed by atoms with E-state index in [1.807, 2.05) is 0 Å². The zero-order valence-electron chi connectivity index (χ0n) is 15.2. The standard InChI is InChI=1S/C18H23NO9/c1-3-9-10-4-5-25-16(24)11(10)7-26-17(9)28-18-15(23)14(22)13(21)12(27-18)6-19-8(2)20/h3-4,7,9,12-15,17-18,21-23H,1,5-6H2,2H3,(H,19,20)/t9-,12-,13-,14+,15-,17+,18+/m1/s1. The highest BCUT2D eigenvalue weighted by Crippen LogP contribution is 2.35. The van der Waals surface area contributed by atoms with Crippen LogP contribution in [0.15, 0.2) is 36.1 Å². The number of ether oxygens (including phenoxy) is 4. The molecular weight excluding hydrogens is 374 g/mol. The fraction of sp³-hybridized carbons (Fsp3) is 0.556. The Morgan fingerprint density at radius 2 is 2.07 bits per heavy atom. The zero-order valence-corrected chi connectivity index (χ0v) is 15.2. The minimum atomic E-state index is -1.56. The molecular formula is C18H23NO9. The smallest absolute Gasteiger partial charge is 0.341 e. The Labute approximate surface area is 161 Å². The number of nitrogens with one attached hydrogen (secondary N) is 1. The average molecular weight is 397 g/mol. The third-order valence-corrected chi connectivity index (χ3v) is 4.76. The Morgan fingerprint density at radius 1 is 1.32 bits per heavy atom. The van der Waals surface area contributed by atoms with Crippen LogP contribution in [0.25, 0.3) is 0 Å². The van der Waals surface area contributed by atoms with Gasteiger partial charge in [0.25, 0.3) is 0 Å². The first-order valence-corrected chi connectivity index (χ1v) is 8.78. The van der Waals surface area contributed by atoms with Crippen molar-refractivity contribution < 1.29 is 43.9 Å². The van der Waals surface area contributed by atoms with Crippen LogP contribution in [0.3, 0.4) is 0 Å². The van der Waals surface area contributed by atoms with Crippen molar-refractivity contribution in [2.24, 2.45) is 5.92 Å². The van der Waals surface area contributed by atoms with Crippen LogP contribution in [0.4, 0.5) is 0 Å². The molecule has 3 aliphatic rings. The van der Waals surface area contributed by atoms with Crippen LogP contribution < -0.4 is 5.32 Å². The summed E-state index contributed by atoms with van der Waals surface area (Å²) in [6.07, 6.45) is -3.47. The van der Waals surface area contributed by atoms with Crippen molar-refractivity contribution >= 4 is 11.9 Å². The lowest BCUT2D eigenvalue weighted by molar-refractivity contribution is -0.331. The van der Waals surface area contributed by atoms with Crippen molar-refractivity contribution in [3.8, 4) is 0 Å². The van der Waals surface area contributed by atoms with Crippen LogP contribution in [0.2, 0.25) is 0 Å². The molecule has 7 atom stereocenters. The second-order valence-corrected chi connectivity index (χ2v) is 6.64. The molecule has 1 amide bonds. The maximum absolute atomic E-state index is 11.8. The molecule has 1 saturated heterocycles. The number of fused-ring (bicyclic) bond motifs is 1. The molecule has 3 rings (SSSR count). The summed E-state index contributed by atoms with van der Waals surface area (Å²) >= 11 is 0. The minimum Gasteiger partial charge on any atom is -0.471 e. The molecule has 10 heteroatoms. The Hall–Kier alpha value is -2.24. The minimum absolute atomic E-state index is 0.0857. The largest absolute Gasteiger partial charge is 0.471 e. The van der Waals surface area contributed by atoms with E-state index in [2.05, 4.69) is 11.9 Å². The van der Waals surface area contributed by atoms with Gasteiger partial charge in [-0.2, -0.15) is 0 Å². The molecule has 0 aromatic rings. The molecule has 1 fully saturated rings. The highest BCUT2D eigenvalue weighted by molar-refractivity contribution is 5.94. The summed E-state index contributed by atoms with van der Waals surface area (Å²) < 4.78 is 21.6. The van der Waals surface area contributed by atoms with Crippen molar-refractivity contribution in [1.82, 2.24) is 5.32 Å². The van der Waals surface area contributed by atoms with E-state index in [0.29, 0.717) is 5.57 Å². The second kappa shape index (κ2) is 8.41. The van der Waals surface area contributed by atoms with Gasteiger partial charge in [-0.1, -0.05) is 6.08 Å². The Balaban J connectivity index is 1.74. The first-order valence-electron chi connectivity index (χ1n) is 8.78. The summed E-state index contributed by atoms with van der Waals surface area (Å²) in [4.78, 5) is 22.9. The lowest BCUT2D eigenvalue weighted by atomic mass is 9.89. The quantitative estimate of drug-likeness (QED) is 0.321. The highest BCUT2D eigenvalue weighted by Gasteiger charge is 2.47. The fourth-order valence-electron chi connectivity index (χ4n) is 3.24. The third-order valence-electron chi connectivity index (χ3n) is 4.76. The van der Waals surface area contributed by atoms with Gasteiger partial charge in [0.15, 0.2) is 6.29 Å². The zero-order chi connectivity index (χ0) is 20.4. The summed E-state index contributed by atoms with van der Waals surface area (Å²) in [7, 11) is 0. The van der Waals surface area contributed by atoms with Crippen LogP contribution in [0.1, 0.15) is 6.92 Å². The summed E-state index contributed by atoms with van der Waals surface area (Å²) in [5, 5.41) is 32.9. The van der Waals surface area contributed by atoms with Gasteiger partial charge in [0.05, 0.1) is 11.5 Å². The molecule has 3 heterocycles. The van der Waals surface area contributed by atoms with Crippen molar-refractivity contribution in [1.29, 1.82) is 0 Å². The Morgan fingerprint density at radius 3 is 2.75 bits per heavy atom. The van der Waals surface area contributed by atoms with E-state index >= 15 is 0 Å². The summed E-state index contributed by atoms with van der Waals surface area (Å²) in [5.41, 5.74) is 0.864. The van der Waals surface area contributed by atoms with Crippen molar-refractivity contribution in [2.75, 3.05) is 13.2 Å². The molecule has 3 aliphatic heterocycles.